The van der Waals surface area contributed by atoms with E-state index in [1.54, 1.807) is 4.90 Å². The lowest BCUT2D eigenvalue weighted by Gasteiger charge is -2.40. The minimum absolute atomic E-state index is 0.0451. The molecule has 0 spiro atoms. The van der Waals surface area contributed by atoms with Crippen LogP contribution in [0.1, 0.15) is 22.8 Å². The fourth-order valence-corrected chi connectivity index (χ4v) is 4.13. The van der Waals surface area contributed by atoms with Crippen molar-refractivity contribution in [1.29, 1.82) is 0 Å². The summed E-state index contributed by atoms with van der Waals surface area (Å²) in [5.41, 5.74) is 3.70. The van der Waals surface area contributed by atoms with Gasteiger partial charge in [-0.3, -0.25) is 9.59 Å². The normalized spacial score (nSPS) is 20.1. The zero-order valence-electron chi connectivity index (χ0n) is 17.0. The smallest absolute Gasteiger partial charge is 0.254 e. The van der Waals surface area contributed by atoms with E-state index in [9.17, 15) is 9.59 Å². The number of hydrogen-bond donors (Lipinski definition) is 0. The van der Waals surface area contributed by atoms with Crippen molar-refractivity contribution >= 4 is 23.2 Å². The highest BCUT2D eigenvalue weighted by Gasteiger charge is 2.34. The van der Waals surface area contributed by atoms with E-state index >= 15 is 0 Å². The summed E-state index contributed by atoms with van der Waals surface area (Å²) in [5, 5.41) is 0. The molecule has 2 aliphatic rings. The minimum Gasteiger partial charge on any atom is -0.378 e. The van der Waals surface area contributed by atoms with Gasteiger partial charge >= 0.3 is 0 Å². The molecule has 0 N–H and O–H groups in total. The molecule has 2 aromatic carbocycles. The first-order chi connectivity index (χ1) is 14.0. The molecule has 6 nitrogen and oxygen atoms in total. The molecule has 152 valence electrons. The molecule has 2 fully saturated rings. The number of benzene rings is 2. The van der Waals surface area contributed by atoms with Gasteiger partial charge in [0.05, 0.1) is 19.3 Å². The standard InChI is InChI=1S/C23H27N3O3/c1-17-5-3-4-6-21(17)26-18(2)15-25(16-22(26)27)23(28)19-7-9-20(10-8-19)24-11-13-29-14-12-24/h3-10,18H,11-16H2,1-2H3/t18-/m1/s1. The highest BCUT2D eigenvalue weighted by atomic mass is 16.5. The Kier molecular flexibility index (Phi) is 5.53. The summed E-state index contributed by atoms with van der Waals surface area (Å²) < 4.78 is 5.39. The first-order valence-corrected chi connectivity index (χ1v) is 10.1. The molecule has 0 radical (unpaired) electrons. The molecule has 2 saturated heterocycles. The fourth-order valence-electron chi connectivity index (χ4n) is 4.13. The predicted molar refractivity (Wildman–Crippen MR) is 114 cm³/mol. The van der Waals surface area contributed by atoms with E-state index in [0.717, 1.165) is 43.2 Å². The Hall–Kier alpha value is -2.86. The van der Waals surface area contributed by atoms with Crippen molar-refractivity contribution in [1.82, 2.24) is 4.90 Å². The van der Waals surface area contributed by atoms with Gasteiger partial charge in [-0.05, 0) is 49.7 Å². The van der Waals surface area contributed by atoms with Crippen molar-refractivity contribution in [2.75, 3.05) is 49.2 Å². The third kappa shape index (κ3) is 3.98. The van der Waals surface area contributed by atoms with Crippen molar-refractivity contribution in [3.8, 4) is 0 Å². The van der Waals surface area contributed by atoms with Gasteiger partial charge in [-0.25, -0.2) is 0 Å². The molecular weight excluding hydrogens is 366 g/mol. The van der Waals surface area contributed by atoms with Crippen LogP contribution in [0.25, 0.3) is 0 Å². The Labute approximate surface area is 171 Å². The molecule has 6 heteroatoms. The molecular formula is C23H27N3O3. The topological polar surface area (TPSA) is 53.1 Å². The van der Waals surface area contributed by atoms with E-state index in [1.165, 1.54) is 0 Å². The first kappa shape index (κ1) is 19.5. The van der Waals surface area contributed by atoms with E-state index < -0.39 is 0 Å². The number of amides is 2. The second-order valence-electron chi connectivity index (χ2n) is 7.73. The molecule has 4 rings (SSSR count). The zero-order valence-corrected chi connectivity index (χ0v) is 17.0. The number of nitrogens with zero attached hydrogens (tertiary/aromatic N) is 3. The van der Waals surface area contributed by atoms with Crippen LogP contribution in [0.3, 0.4) is 0 Å². The molecule has 2 heterocycles. The third-order valence-corrected chi connectivity index (χ3v) is 5.67. The van der Waals surface area contributed by atoms with Crippen LogP contribution < -0.4 is 9.80 Å². The molecule has 2 aliphatic heterocycles. The van der Waals surface area contributed by atoms with Crippen molar-refractivity contribution in [3.05, 3.63) is 59.7 Å². The maximum Gasteiger partial charge on any atom is 0.254 e. The number of para-hydroxylation sites is 1. The molecule has 0 bridgehead atoms. The summed E-state index contributed by atoms with van der Waals surface area (Å²) in [6, 6.07) is 15.5. The molecule has 2 aromatic rings. The van der Waals surface area contributed by atoms with Crippen LogP contribution in [0, 0.1) is 6.92 Å². The molecule has 0 aromatic heterocycles. The molecule has 29 heavy (non-hydrogen) atoms. The number of ether oxygens (including phenoxy) is 1. The molecule has 0 saturated carbocycles. The van der Waals surface area contributed by atoms with E-state index in [0.29, 0.717) is 12.1 Å². The van der Waals surface area contributed by atoms with Crippen LogP contribution in [-0.4, -0.2) is 62.1 Å². The number of aryl methyl sites for hydroxylation is 1. The average molecular weight is 393 g/mol. The van der Waals surface area contributed by atoms with Gasteiger partial charge in [-0.15, -0.1) is 0 Å². The van der Waals surface area contributed by atoms with Gasteiger partial charge in [0.1, 0.15) is 6.54 Å². The summed E-state index contributed by atoms with van der Waals surface area (Å²) in [5.74, 6) is -0.139. The van der Waals surface area contributed by atoms with Crippen LogP contribution >= 0.6 is 0 Å². The number of piperazine rings is 1. The second kappa shape index (κ2) is 8.25. The van der Waals surface area contributed by atoms with E-state index in [-0.39, 0.29) is 24.4 Å². The maximum absolute atomic E-state index is 13.0. The van der Waals surface area contributed by atoms with Gasteiger partial charge in [0.15, 0.2) is 0 Å². The Balaban J connectivity index is 1.46. The summed E-state index contributed by atoms with van der Waals surface area (Å²) in [4.78, 5) is 31.6. The van der Waals surface area contributed by atoms with Gasteiger partial charge in [0.2, 0.25) is 5.91 Å². The van der Waals surface area contributed by atoms with Crippen molar-refractivity contribution in [3.63, 3.8) is 0 Å². The number of rotatable bonds is 3. The maximum atomic E-state index is 13.0. The SMILES string of the molecule is Cc1ccccc1N1C(=O)CN(C(=O)c2ccc(N3CCOCC3)cc2)C[C@H]1C. The Morgan fingerprint density at radius 2 is 1.72 bits per heavy atom. The number of carbonyl (C=O) groups excluding carboxylic acids is 2. The van der Waals surface area contributed by atoms with Crippen molar-refractivity contribution in [2.24, 2.45) is 0 Å². The van der Waals surface area contributed by atoms with Crippen LogP contribution in [0.5, 0.6) is 0 Å². The van der Waals surface area contributed by atoms with E-state index in [4.69, 9.17) is 4.74 Å². The highest BCUT2D eigenvalue weighted by Crippen LogP contribution is 2.26. The number of morpholine rings is 1. The van der Waals surface area contributed by atoms with Crippen LogP contribution in [0.2, 0.25) is 0 Å². The van der Waals surface area contributed by atoms with Gasteiger partial charge in [0, 0.05) is 36.6 Å². The van der Waals surface area contributed by atoms with Gasteiger partial charge < -0.3 is 19.4 Å². The number of hydrogen-bond acceptors (Lipinski definition) is 4. The van der Waals surface area contributed by atoms with E-state index in [2.05, 4.69) is 4.90 Å². The van der Waals surface area contributed by atoms with Crippen LogP contribution in [0.4, 0.5) is 11.4 Å². The monoisotopic (exact) mass is 393 g/mol. The molecule has 0 aliphatic carbocycles. The third-order valence-electron chi connectivity index (χ3n) is 5.67. The van der Waals surface area contributed by atoms with Crippen molar-refractivity contribution < 1.29 is 14.3 Å². The van der Waals surface area contributed by atoms with Gasteiger partial charge in [-0.1, -0.05) is 18.2 Å². The Bertz CT molecular complexity index is 890. The minimum atomic E-state index is -0.0943. The van der Waals surface area contributed by atoms with E-state index in [1.807, 2.05) is 67.3 Å². The molecule has 0 unspecified atom stereocenters. The number of anilines is 2. The lowest BCUT2D eigenvalue weighted by Crippen LogP contribution is -2.57. The first-order valence-electron chi connectivity index (χ1n) is 10.1. The second-order valence-corrected chi connectivity index (χ2v) is 7.73. The summed E-state index contributed by atoms with van der Waals surface area (Å²) >= 11 is 0. The predicted octanol–water partition coefficient (Wildman–Crippen LogP) is 2.71. The Morgan fingerprint density at radius 1 is 1.03 bits per heavy atom. The Morgan fingerprint density at radius 3 is 2.38 bits per heavy atom. The van der Waals surface area contributed by atoms with Gasteiger partial charge in [0.25, 0.3) is 5.91 Å². The van der Waals surface area contributed by atoms with Gasteiger partial charge in [-0.2, -0.15) is 0 Å². The average Bonchev–Trinajstić information content (AvgIpc) is 2.75. The van der Waals surface area contributed by atoms with Crippen molar-refractivity contribution in [2.45, 2.75) is 19.9 Å². The fraction of sp³-hybridized carbons (Fsp3) is 0.391. The highest BCUT2D eigenvalue weighted by molar-refractivity contribution is 6.02. The lowest BCUT2D eigenvalue weighted by molar-refractivity contribution is -0.121. The summed E-state index contributed by atoms with van der Waals surface area (Å²) in [6.07, 6.45) is 0. The summed E-state index contributed by atoms with van der Waals surface area (Å²) in [6.45, 7) is 7.79. The molecule has 1 atom stereocenters. The summed E-state index contributed by atoms with van der Waals surface area (Å²) in [7, 11) is 0. The molecule has 2 amide bonds. The quantitative estimate of drug-likeness (QED) is 0.805. The van der Waals surface area contributed by atoms with Crippen LogP contribution in [-0.2, 0) is 9.53 Å². The van der Waals surface area contributed by atoms with Crippen LogP contribution in [0.15, 0.2) is 48.5 Å². The largest absolute Gasteiger partial charge is 0.378 e. The number of carbonyl (C=O) groups is 2. The zero-order chi connectivity index (χ0) is 20.4. The lowest BCUT2D eigenvalue weighted by atomic mass is 10.1.